The molecule has 10 nitrogen and oxygen atoms in total. The smallest absolute Gasteiger partial charge is 0.294 e. The van der Waals surface area contributed by atoms with Gasteiger partial charge in [-0.1, -0.05) is 42.5 Å². The number of anilines is 2. The van der Waals surface area contributed by atoms with Crippen LogP contribution in [0.15, 0.2) is 77.9 Å². The highest BCUT2D eigenvalue weighted by atomic mass is 35.5. The summed E-state index contributed by atoms with van der Waals surface area (Å²) in [6.07, 6.45) is 7.06. The fourth-order valence-corrected chi connectivity index (χ4v) is 5.83. The van der Waals surface area contributed by atoms with Crippen molar-refractivity contribution in [1.82, 2.24) is 24.8 Å². The van der Waals surface area contributed by atoms with Crippen LogP contribution in [0.25, 0.3) is 6.08 Å². The lowest BCUT2D eigenvalue weighted by molar-refractivity contribution is -0.124. The first-order valence-electron chi connectivity index (χ1n) is 14.4. The van der Waals surface area contributed by atoms with Crippen LogP contribution in [0.5, 0.6) is 5.75 Å². The third kappa shape index (κ3) is 7.58. The Hall–Kier alpha value is -4.25. The van der Waals surface area contributed by atoms with E-state index >= 15 is 0 Å². The molecule has 2 aliphatic heterocycles. The number of nitrogens with one attached hydrogen (secondary N) is 2. The van der Waals surface area contributed by atoms with Gasteiger partial charge in [0, 0.05) is 43.4 Å². The molecule has 0 aliphatic carbocycles. The van der Waals surface area contributed by atoms with Gasteiger partial charge in [-0.15, -0.1) is 37.2 Å². The largest absolute Gasteiger partial charge is 0.497 e. The summed E-state index contributed by atoms with van der Waals surface area (Å²) in [5.74, 6) is 1.23. The number of aromatic nitrogens is 3. The van der Waals surface area contributed by atoms with Gasteiger partial charge in [-0.05, 0) is 66.3 Å². The Morgan fingerprint density at radius 2 is 1.85 bits per heavy atom. The average molecular weight is 687 g/mol. The summed E-state index contributed by atoms with van der Waals surface area (Å²) in [6.45, 7) is 3.33. The first kappa shape index (κ1) is 36.2. The van der Waals surface area contributed by atoms with Crippen molar-refractivity contribution < 1.29 is 9.53 Å². The van der Waals surface area contributed by atoms with E-state index in [2.05, 4.69) is 49.9 Å². The zero-order valence-electron chi connectivity index (χ0n) is 25.5. The van der Waals surface area contributed by atoms with Crippen molar-refractivity contribution in [3.63, 3.8) is 0 Å². The standard InChI is InChI=1S/C33H35N7O3.3ClH/c1-21-24(9-14-30(34)38-21)17-37-32(41)28-13-10-26-18-35-31(33(42)40(26)28)36-19-29(23-7-11-27(43-2)12-8-23)39-16-15-22-5-3-4-6-25(22)20-39;;;/h3-9,11-12,14-16,18,28-29H,10,13,17,19-20H2,1-2H3,(H2,34,38)(H,35,36)(H,37,41);3*1H/t28-,29-;;;/m0.../s1. The normalized spacial score (nSPS) is 14.8. The highest BCUT2D eigenvalue weighted by Crippen LogP contribution is 2.30. The molecule has 6 rings (SSSR count). The zero-order valence-corrected chi connectivity index (χ0v) is 28.0. The number of fused-ring (bicyclic) bond motifs is 2. The van der Waals surface area contributed by atoms with Gasteiger partial charge < -0.3 is 26.0 Å². The van der Waals surface area contributed by atoms with E-state index in [1.807, 2.05) is 49.4 Å². The Morgan fingerprint density at radius 3 is 2.59 bits per heavy atom. The Bertz CT molecular complexity index is 1750. The Morgan fingerprint density at radius 1 is 1.09 bits per heavy atom. The number of carbonyl (C=O) groups is 1. The average Bonchev–Trinajstić information content (AvgIpc) is 3.47. The van der Waals surface area contributed by atoms with E-state index in [1.54, 1.807) is 23.9 Å². The summed E-state index contributed by atoms with van der Waals surface area (Å²) < 4.78 is 6.95. The van der Waals surface area contributed by atoms with Gasteiger partial charge in [0.1, 0.15) is 17.6 Å². The lowest BCUT2D eigenvalue weighted by Gasteiger charge is -2.34. The van der Waals surface area contributed by atoms with Gasteiger partial charge in [-0.3, -0.25) is 14.2 Å². The predicted molar refractivity (Wildman–Crippen MR) is 188 cm³/mol. The van der Waals surface area contributed by atoms with E-state index in [-0.39, 0.29) is 60.5 Å². The van der Waals surface area contributed by atoms with Crippen LogP contribution in [0.3, 0.4) is 0 Å². The number of benzene rings is 2. The maximum atomic E-state index is 13.7. The second kappa shape index (κ2) is 15.8. The minimum absolute atomic E-state index is 0. The number of nitrogens with two attached hydrogens (primary N) is 1. The van der Waals surface area contributed by atoms with Gasteiger partial charge in [0.25, 0.3) is 5.56 Å². The molecule has 0 spiro atoms. The molecule has 2 aromatic carbocycles. The number of methoxy groups -OCH3 is 1. The molecule has 2 aliphatic rings. The lowest BCUT2D eigenvalue weighted by Crippen LogP contribution is -2.37. The molecule has 4 aromatic rings. The first-order chi connectivity index (χ1) is 20.9. The van der Waals surface area contributed by atoms with Crippen LogP contribution in [0.4, 0.5) is 11.6 Å². The van der Waals surface area contributed by atoms with Crippen molar-refractivity contribution in [2.75, 3.05) is 24.7 Å². The van der Waals surface area contributed by atoms with E-state index in [0.717, 1.165) is 34.8 Å². The SMILES string of the molecule is COc1ccc([C@H](CNc2ncc3n(c2=O)[C@H](C(=O)NCc2ccc(N)nc2C)CC3)N2C=Cc3ccccc3C2)cc1.Cl.Cl.Cl. The molecule has 1 amide bonds. The molecule has 0 bridgehead atoms. The van der Waals surface area contributed by atoms with Crippen molar-refractivity contribution in [1.29, 1.82) is 0 Å². The molecule has 13 heteroatoms. The van der Waals surface area contributed by atoms with Crippen molar-refractivity contribution in [3.8, 4) is 5.75 Å². The summed E-state index contributed by atoms with van der Waals surface area (Å²) >= 11 is 0. The van der Waals surface area contributed by atoms with Gasteiger partial charge in [0.2, 0.25) is 5.91 Å². The molecule has 0 saturated heterocycles. The molecule has 0 unspecified atom stereocenters. The molecule has 2 aromatic heterocycles. The maximum absolute atomic E-state index is 13.7. The molecular formula is C33H38Cl3N7O3. The summed E-state index contributed by atoms with van der Waals surface area (Å²) in [7, 11) is 1.65. The van der Waals surface area contributed by atoms with Gasteiger partial charge >= 0.3 is 0 Å². The fourth-order valence-electron chi connectivity index (χ4n) is 5.83. The number of hydrogen-bond donors (Lipinski definition) is 3. The highest BCUT2D eigenvalue weighted by molar-refractivity contribution is 5.86. The highest BCUT2D eigenvalue weighted by Gasteiger charge is 2.31. The minimum Gasteiger partial charge on any atom is -0.497 e. The fraction of sp³-hybridized carbons (Fsp3) is 0.273. The molecule has 4 N–H and O–H groups in total. The van der Waals surface area contributed by atoms with Gasteiger partial charge in [0.05, 0.1) is 13.2 Å². The van der Waals surface area contributed by atoms with Crippen LogP contribution in [-0.2, 0) is 24.3 Å². The monoisotopic (exact) mass is 685 g/mol. The molecular weight excluding hydrogens is 649 g/mol. The third-order valence-corrected chi connectivity index (χ3v) is 8.25. The summed E-state index contributed by atoms with van der Waals surface area (Å²) in [5.41, 5.74) is 11.4. The zero-order chi connectivity index (χ0) is 29.9. The van der Waals surface area contributed by atoms with Crippen molar-refractivity contribution in [2.24, 2.45) is 0 Å². The number of ether oxygens (including phenoxy) is 1. The Kier molecular flexibility index (Phi) is 12.5. The number of halogens is 3. The second-order valence-electron chi connectivity index (χ2n) is 10.9. The van der Waals surface area contributed by atoms with Gasteiger partial charge in [-0.2, -0.15) is 0 Å². The van der Waals surface area contributed by atoms with Gasteiger partial charge in [-0.25, -0.2) is 9.97 Å². The number of carbonyl (C=O) groups excluding carboxylic acids is 1. The number of nitrogen functional groups attached to an aromatic ring is 1. The number of nitrogens with zero attached hydrogens (tertiary/aromatic N) is 4. The van der Waals surface area contributed by atoms with E-state index < -0.39 is 6.04 Å². The van der Waals surface area contributed by atoms with Crippen LogP contribution < -0.4 is 26.7 Å². The van der Waals surface area contributed by atoms with E-state index in [1.165, 1.54) is 11.1 Å². The van der Waals surface area contributed by atoms with Crippen molar-refractivity contribution in [3.05, 3.63) is 117 Å². The van der Waals surface area contributed by atoms with Crippen molar-refractivity contribution >= 4 is 60.8 Å². The van der Waals surface area contributed by atoms with E-state index in [9.17, 15) is 9.59 Å². The topological polar surface area (TPSA) is 127 Å². The minimum atomic E-state index is -0.605. The third-order valence-electron chi connectivity index (χ3n) is 8.25. The van der Waals surface area contributed by atoms with Crippen molar-refractivity contribution in [2.45, 2.75) is 44.9 Å². The maximum Gasteiger partial charge on any atom is 0.294 e. The quantitative estimate of drug-likeness (QED) is 0.218. The number of amides is 1. The molecule has 244 valence electrons. The van der Waals surface area contributed by atoms with E-state index in [0.29, 0.717) is 31.7 Å². The number of hydrogen-bond acceptors (Lipinski definition) is 8. The second-order valence-corrected chi connectivity index (χ2v) is 10.9. The molecule has 0 saturated carbocycles. The van der Waals surface area contributed by atoms with Crippen LogP contribution >= 0.6 is 37.2 Å². The first-order valence-corrected chi connectivity index (χ1v) is 14.4. The molecule has 46 heavy (non-hydrogen) atoms. The molecule has 2 atom stereocenters. The number of aryl methyl sites for hydroxylation is 2. The van der Waals surface area contributed by atoms with Crippen LogP contribution in [0.1, 0.15) is 52.1 Å². The Labute approximate surface area is 286 Å². The number of pyridine rings is 1. The Balaban J connectivity index is 0.00000192. The summed E-state index contributed by atoms with van der Waals surface area (Å²) in [4.78, 5) is 38.0. The van der Waals surface area contributed by atoms with Crippen LogP contribution in [-0.4, -0.2) is 39.0 Å². The van der Waals surface area contributed by atoms with Crippen LogP contribution in [0.2, 0.25) is 0 Å². The summed E-state index contributed by atoms with van der Waals surface area (Å²) in [6, 6.07) is 19.2. The number of rotatable bonds is 9. The van der Waals surface area contributed by atoms with Gasteiger partial charge in [0.15, 0.2) is 5.82 Å². The molecule has 0 radical (unpaired) electrons. The predicted octanol–water partition coefficient (Wildman–Crippen LogP) is 5.25. The van der Waals surface area contributed by atoms with Crippen LogP contribution in [0, 0.1) is 6.92 Å². The molecule has 4 heterocycles. The van der Waals surface area contributed by atoms with E-state index in [4.69, 9.17) is 10.5 Å². The molecule has 0 fully saturated rings. The lowest BCUT2D eigenvalue weighted by atomic mass is 9.99. The summed E-state index contributed by atoms with van der Waals surface area (Å²) in [5, 5.41) is 6.29.